The molecule has 0 saturated carbocycles. The van der Waals surface area contributed by atoms with Gasteiger partial charge in [0.05, 0.1) is 30.2 Å². The zero-order chi connectivity index (χ0) is 47.2. The van der Waals surface area contributed by atoms with Gasteiger partial charge >= 0.3 is 0 Å². The SMILES string of the molecule is [2H]c1c([2H])c([2H])c(-c2nc(-c3c([2H])c([2H])c([2H])c([2H])c3[2H])nc(-c3c([2H])c([2H])c4c(oc5c([2H])c6c([2H])c([2H])c([2H])c([2H])c6c(-c6c([2H])c([2H])c([2H])c([2H])c6C)c54)c3[2H])n2)c([2H])c1[2H]. The lowest BCUT2D eigenvalue weighted by atomic mass is 9.91. The lowest BCUT2D eigenvalue weighted by Crippen LogP contribution is -2.00. The molecule has 0 aliphatic carbocycles. The van der Waals surface area contributed by atoms with Gasteiger partial charge in [0, 0.05) is 33.0 Å². The van der Waals surface area contributed by atoms with Gasteiger partial charge < -0.3 is 4.42 Å². The number of hydrogen-bond acceptors (Lipinski definition) is 4. The van der Waals surface area contributed by atoms with E-state index in [2.05, 4.69) is 15.0 Å². The third kappa shape index (κ3) is 4.04. The van der Waals surface area contributed by atoms with Crippen LogP contribution in [0.5, 0.6) is 0 Å². The normalized spacial score (nSPS) is 18.8. The number of nitrogens with zero attached hydrogens (tertiary/aromatic N) is 3. The summed E-state index contributed by atoms with van der Waals surface area (Å²) in [4.78, 5) is 12.8. The molecule has 0 saturated heterocycles. The second-order valence-corrected chi connectivity index (χ2v) is 8.82. The third-order valence-corrected chi connectivity index (χ3v) is 6.32. The Bertz CT molecular complexity index is 3320. The van der Waals surface area contributed by atoms with Crippen LogP contribution in [0.15, 0.2) is 137 Å². The molecule has 0 spiro atoms. The highest BCUT2D eigenvalue weighted by atomic mass is 16.3. The summed E-state index contributed by atoms with van der Waals surface area (Å²) in [6.45, 7) is 1.33. The minimum atomic E-state index is -0.871. The van der Waals surface area contributed by atoms with E-state index in [1.807, 2.05) is 0 Å². The van der Waals surface area contributed by atoms with Crippen LogP contribution in [0.3, 0.4) is 0 Å². The number of hydrogen-bond donors (Lipinski definition) is 0. The maximum Gasteiger partial charge on any atom is 0.164 e. The Morgan fingerprint density at radius 1 is 0.524 bits per heavy atom. The van der Waals surface area contributed by atoms with Crippen molar-refractivity contribution in [3.63, 3.8) is 0 Å². The molecule has 0 N–H and O–H groups in total. The van der Waals surface area contributed by atoms with E-state index in [-0.39, 0.29) is 27.5 Å². The predicted molar refractivity (Wildman–Crippen MR) is 171 cm³/mol. The molecule has 2 aromatic heterocycles. The zero-order valence-corrected chi connectivity index (χ0v) is 21.2. The molecular weight excluding hydrogens is 514 g/mol. The molecular formula is C38H25N3O. The van der Waals surface area contributed by atoms with Crippen molar-refractivity contribution in [3.8, 4) is 45.3 Å². The highest BCUT2D eigenvalue weighted by Gasteiger charge is 2.19. The molecule has 42 heavy (non-hydrogen) atoms. The fourth-order valence-corrected chi connectivity index (χ4v) is 4.49. The summed E-state index contributed by atoms with van der Waals surface area (Å²) in [6, 6.07) is -16.8. The molecule has 0 unspecified atom stereocenters. The van der Waals surface area contributed by atoms with Crippen LogP contribution in [0.2, 0.25) is 0 Å². The van der Waals surface area contributed by atoms with Crippen LogP contribution in [-0.4, -0.2) is 15.0 Å². The first-order valence-electron chi connectivity index (χ1n) is 23.2. The summed E-state index contributed by atoms with van der Waals surface area (Å²) < 4.78 is 196. The van der Waals surface area contributed by atoms with Crippen molar-refractivity contribution in [2.75, 3.05) is 0 Å². The molecule has 198 valence electrons. The van der Waals surface area contributed by atoms with Crippen LogP contribution >= 0.6 is 0 Å². The first-order valence-corrected chi connectivity index (χ1v) is 12.2. The van der Waals surface area contributed by atoms with Crippen LogP contribution in [0.4, 0.5) is 0 Å². The summed E-state index contributed by atoms with van der Waals surface area (Å²) in [6.07, 6.45) is 0. The highest BCUT2D eigenvalue weighted by Crippen LogP contribution is 2.43. The van der Waals surface area contributed by atoms with E-state index >= 15 is 0 Å². The van der Waals surface area contributed by atoms with Crippen molar-refractivity contribution in [1.82, 2.24) is 15.0 Å². The van der Waals surface area contributed by atoms with E-state index in [9.17, 15) is 5.48 Å². The van der Waals surface area contributed by atoms with Crippen molar-refractivity contribution < 1.29 is 34.6 Å². The quantitative estimate of drug-likeness (QED) is 0.215. The third-order valence-electron chi connectivity index (χ3n) is 6.32. The summed E-state index contributed by atoms with van der Waals surface area (Å²) in [5, 5.41) is -1.55. The van der Waals surface area contributed by atoms with E-state index in [4.69, 9.17) is 29.1 Å². The largest absolute Gasteiger partial charge is 0.456 e. The second-order valence-electron chi connectivity index (χ2n) is 8.82. The maximum atomic E-state index is 9.49. The van der Waals surface area contributed by atoms with Gasteiger partial charge in [0.2, 0.25) is 0 Å². The van der Waals surface area contributed by atoms with Crippen molar-refractivity contribution in [2.45, 2.75) is 6.92 Å². The zero-order valence-electron chi connectivity index (χ0n) is 43.2. The Kier molecular flexibility index (Phi) is 2.48. The second kappa shape index (κ2) is 9.79. The lowest BCUT2D eigenvalue weighted by molar-refractivity contribution is 0.669. The molecule has 0 aliphatic rings. The Balaban J connectivity index is 1.59. The van der Waals surface area contributed by atoms with Gasteiger partial charge in [-0.15, -0.1) is 0 Å². The van der Waals surface area contributed by atoms with E-state index in [0.717, 1.165) is 0 Å². The number of rotatable bonds is 4. The lowest BCUT2D eigenvalue weighted by Gasteiger charge is -2.12. The van der Waals surface area contributed by atoms with Gasteiger partial charge in [0.15, 0.2) is 17.5 Å². The molecule has 4 nitrogen and oxygen atoms in total. The average molecular weight is 562 g/mol. The molecule has 0 bridgehead atoms. The first kappa shape index (κ1) is 10.7. The van der Waals surface area contributed by atoms with Crippen molar-refractivity contribution >= 4 is 32.7 Å². The van der Waals surface area contributed by atoms with Gasteiger partial charge in [-0.2, -0.15) is 0 Å². The molecule has 8 rings (SSSR count). The van der Waals surface area contributed by atoms with E-state index in [1.54, 1.807) is 0 Å². The van der Waals surface area contributed by atoms with Crippen LogP contribution in [-0.2, 0) is 0 Å². The van der Waals surface area contributed by atoms with E-state index in [1.165, 1.54) is 6.92 Å². The topological polar surface area (TPSA) is 51.8 Å². The molecule has 2 heterocycles. The Morgan fingerprint density at radius 3 is 1.83 bits per heavy atom. The molecule has 0 radical (unpaired) electrons. The maximum absolute atomic E-state index is 9.49. The first-order chi connectivity index (χ1) is 29.9. The smallest absolute Gasteiger partial charge is 0.164 e. The summed E-state index contributed by atoms with van der Waals surface area (Å²) in [5.74, 6) is -2.19. The minimum Gasteiger partial charge on any atom is -0.456 e. The van der Waals surface area contributed by atoms with Gasteiger partial charge in [0.25, 0.3) is 0 Å². The van der Waals surface area contributed by atoms with Gasteiger partial charge in [-0.1, -0.05) is 115 Å². The predicted octanol–water partition coefficient (Wildman–Crippen LogP) is 9.90. The number of benzene rings is 6. The molecule has 0 amide bonds. The van der Waals surface area contributed by atoms with Crippen LogP contribution in [0.25, 0.3) is 78.0 Å². The molecule has 6 aromatic carbocycles. The minimum absolute atomic E-state index is 0.0982. The average Bonchev–Trinajstić information content (AvgIpc) is 3.68. The van der Waals surface area contributed by atoms with Crippen molar-refractivity contribution in [2.24, 2.45) is 0 Å². The van der Waals surface area contributed by atoms with Crippen molar-refractivity contribution in [1.29, 1.82) is 0 Å². The van der Waals surface area contributed by atoms with E-state index < -0.39 is 189 Å². The molecule has 0 atom stereocenters. The number of aromatic nitrogens is 3. The van der Waals surface area contributed by atoms with Gasteiger partial charge in [-0.05, 0) is 47.0 Å². The molecule has 0 aliphatic heterocycles. The molecule has 0 fully saturated rings. The Morgan fingerprint density at radius 2 is 1.12 bits per heavy atom. The standard InChI is InChI=1S/C38H25N3O/c1-24-12-8-10-18-29(24)34-30-19-11-9-17-27(30)22-33-35(34)31-21-20-28(23-32(31)42-33)38-40-36(25-13-4-2-5-14-25)39-37(41-38)26-15-6-3-7-16-26/h2-23H,1H3/i2D,3D,4D,5D,6D,7D,8D,9D,10D,11D,12D,13D,14D,15D,16D,17D,18D,19D,20D,21D,22D,23D. The Labute approximate surface area is 273 Å². The number of fused-ring (bicyclic) bond motifs is 4. The fourth-order valence-electron chi connectivity index (χ4n) is 4.49. The van der Waals surface area contributed by atoms with Gasteiger partial charge in [0.1, 0.15) is 11.2 Å². The van der Waals surface area contributed by atoms with Gasteiger partial charge in [-0.25, -0.2) is 15.0 Å². The van der Waals surface area contributed by atoms with Crippen molar-refractivity contribution in [3.05, 3.63) is 138 Å². The molecule has 8 aromatic rings. The summed E-state index contributed by atoms with van der Waals surface area (Å²) in [7, 11) is 0. The van der Waals surface area contributed by atoms with Crippen LogP contribution in [0, 0.1) is 6.92 Å². The number of furan rings is 1. The summed E-state index contributed by atoms with van der Waals surface area (Å²) >= 11 is 0. The van der Waals surface area contributed by atoms with Gasteiger partial charge in [-0.3, -0.25) is 0 Å². The summed E-state index contributed by atoms with van der Waals surface area (Å²) in [5.41, 5.74) is -3.75. The highest BCUT2D eigenvalue weighted by molar-refractivity contribution is 6.21. The van der Waals surface area contributed by atoms with E-state index in [0.29, 0.717) is 0 Å². The Hall–Kier alpha value is -5.61. The van der Waals surface area contributed by atoms with Crippen LogP contribution < -0.4 is 0 Å². The fraction of sp³-hybridized carbons (Fsp3) is 0.0263. The molecule has 4 heteroatoms. The van der Waals surface area contributed by atoms with Crippen LogP contribution in [0.1, 0.15) is 35.7 Å². The monoisotopic (exact) mass is 561 g/mol.